The van der Waals surface area contributed by atoms with Crippen LogP contribution >= 0.6 is 0 Å². The van der Waals surface area contributed by atoms with Crippen molar-refractivity contribution in [3.63, 3.8) is 0 Å². The summed E-state index contributed by atoms with van der Waals surface area (Å²) in [6, 6.07) is 32.3. The van der Waals surface area contributed by atoms with E-state index in [1.165, 1.54) is 5.56 Å². The standard InChI is InChI=1S/C16H11N2.C15H17NO.Ir/c1-3-11-17-15(5-1)13-7-9-14(10-8-13)16-6-2-4-12-18-16;1-15(2,3)11-8-9-16-13(10-11)12-6-4-5-7-14(12)17;/h1-9,11-12H;4-10,17H,1-3H3;/q-1;;. The molecule has 0 saturated carbocycles. The summed E-state index contributed by atoms with van der Waals surface area (Å²) in [5.41, 5.74) is 6.85. The monoisotopic (exact) mass is 651 g/mol. The summed E-state index contributed by atoms with van der Waals surface area (Å²) in [5, 5.41) is 9.82. The molecule has 36 heavy (non-hydrogen) atoms. The SMILES string of the molecule is CC(C)(C)c1ccnc(-c2ccccc2O)c1.[Ir].[c-]1cc(-c2ccccn2)ccc1-c1ccccn1. The molecular formula is C31H28IrN3O-. The third kappa shape index (κ3) is 6.94. The maximum Gasteiger partial charge on any atom is 0.124 e. The van der Waals surface area contributed by atoms with Gasteiger partial charge in [-0.25, -0.2) is 0 Å². The summed E-state index contributed by atoms with van der Waals surface area (Å²) in [6.07, 6.45) is 5.38. The van der Waals surface area contributed by atoms with Crippen molar-refractivity contribution in [2.24, 2.45) is 0 Å². The van der Waals surface area contributed by atoms with Crippen LogP contribution < -0.4 is 0 Å². The first-order valence-electron chi connectivity index (χ1n) is 11.5. The molecule has 0 aliphatic carbocycles. The summed E-state index contributed by atoms with van der Waals surface area (Å²) in [7, 11) is 0. The van der Waals surface area contributed by atoms with Crippen molar-refractivity contribution in [2.75, 3.05) is 0 Å². The number of benzene rings is 2. The average molecular weight is 651 g/mol. The van der Waals surface area contributed by atoms with E-state index in [0.717, 1.165) is 33.8 Å². The predicted octanol–water partition coefficient (Wildman–Crippen LogP) is 7.36. The molecule has 5 rings (SSSR count). The van der Waals surface area contributed by atoms with Crippen molar-refractivity contribution in [1.82, 2.24) is 15.0 Å². The molecule has 0 atom stereocenters. The largest absolute Gasteiger partial charge is 0.507 e. The molecule has 5 aromatic rings. The van der Waals surface area contributed by atoms with Gasteiger partial charge in [0, 0.05) is 50.0 Å². The van der Waals surface area contributed by atoms with Gasteiger partial charge in [-0.3, -0.25) is 9.97 Å². The van der Waals surface area contributed by atoms with Gasteiger partial charge in [0.25, 0.3) is 0 Å². The van der Waals surface area contributed by atoms with Gasteiger partial charge in [-0.05, 0) is 59.1 Å². The van der Waals surface area contributed by atoms with Gasteiger partial charge in [-0.15, -0.1) is 29.8 Å². The molecule has 0 amide bonds. The number of aromatic hydroxyl groups is 1. The van der Waals surface area contributed by atoms with Gasteiger partial charge < -0.3 is 10.1 Å². The molecule has 5 heteroatoms. The van der Waals surface area contributed by atoms with E-state index in [0.29, 0.717) is 0 Å². The number of pyridine rings is 3. The minimum atomic E-state index is 0. The molecule has 183 valence electrons. The molecule has 0 bridgehead atoms. The number of phenols is 1. The van der Waals surface area contributed by atoms with Gasteiger partial charge in [-0.1, -0.05) is 56.7 Å². The Balaban J connectivity index is 0.000000196. The molecular weight excluding hydrogens is 623 g/mol. The van der Waals surface area contributed by atoms with Crippen LogP contribution in [0.1, 0.15) is 26.3 Å². The minimum Gasteiger partial charge on any atom is -0.507 e. The molecule has 0 fully saturated rings. The number of phenolic OH excluding ortho intramolecular Hbond substituents is 1. The smallest absolute Gasteiger partial charge is 0.124 e. The number of hydrogen-bond donors (Lipinski definition) is 1. The van der Waals surface area contributed by atoms with Crippen LogP contribution in [0.3, 0.4) is 0 Å². The molecule has 3 aromatic heterocycles. The van der Waals surface area contributed by atoms with E-state index in [2.05, 4.69) is 41.8 Å². The van der Waals surface area contributed by atoms with E-state index in [1.807, 2.05) is 84.9 Å². The van der Waals surface area contributed by atoms with Crippen molar-refractivity contribution < 1.29 is 25.2 Å². The molecule has 0 saturated heterocycles. The maximum absolute atomic E-state index is 9.82. The average Bonchev–Trinajstić information content (AvgIpc) is 2.90. The van der Waals surface area contributed by atoms with Crippen LogP contribution in [-0.4, -0.2) is 20.1 Å². The van der Waals surface area contributed by atoms with E-state index in [9.17, 15) is 5.11 Å². The zero-order chi connectivity index (χ0) is 24.7. The Morgan fingerprint density at radius 3 is 1.89 bits per heavy atom. The molecule has 1 N–H and O–H groups in total. The number of nitrogens with zero attached hydrogens (tertiary/aromatic N) is 3. The number of rotatable bonds is 3. The fourth-order valence-corrected chi connectivity index (χ4v) is 3.53. The van der Waals surface area contributed by atoms with Crippen molar-refractivity contribution >= 4 is 0 Å². The van der Waals surface area contributed by atoms with Crippen molar-refractivity contribution in [3.8, 4) is 39.5 Å². The van der Waals surface area contributed by atoms with Crippen LogP contribution in [-0.2, 0) is 25.5 Å². The Morgan fingerprint density at radius 1 is 0.667 bits per heavy atom. The quantitative estimate of drug-likeness (QED) is 0.208. The molecule has 3 heterocycles. The second-order valence-electron chi connectivity index (χ2n) is 9.12. The summed E-state index contributed by atoms with van der Waals surface area (Å²) in [4.78, 5) is 12.9. The Labute approximate surface area is 226 Å². The topological polar surface area (TPSA) is 58.9 Å². The van der Waals surface area contributed by atoms with Crippen molar-refractivity contribution in [2.45, 2.75) is 26.2 Å². The van der Waals surface area contributed by atoms with Crippen LogP contribution in [0.2, 0.25) is 0 Å². The zero-order valence-electron chi connectivity index (χ0n) is 20.5. The maximum atomic E-state index is 9.82. The second-order valence-corrected chi connectivity index (χ2v) is 9.12. The first-order chi connectivity index (χ1) is 16.9. The summed E-state index contributed by atoms with van der Waals surface area (Å²) >= 11 is 0. The Hall–Kier alpha value is -3.66. The molecule has 4 nitrogen and oxygen atoms in total. The van der Waals surface area contributed by atoms with Crippen LogP contribution in [0.25, 0.3) is 33.8 Å². The van der Waals surface area contributed by atoms with Gasteiger partial charge in [0.2, 0.25) is 0 Å². The third-order valence-corrected chi connectivity index (χ3v) is 5.52. The second kappa shape index (κ2) is 12.3. The zero-order valence-corrected chi connectivity index (χ0v) is 22.9. The van der Waals surface area contributed by atoms with Gasteiger partial charge in [0.15, 0.2) is 0 Å². The van der Waals surface area contributed by atoms with Crippen LogP contribution in [0.4, 0.5) is 0 Å². The van der Waals surface area contributed by atoms with E-state index in [-0.39, 0.29) is 31.3 Å². The number of aromatic nitrogens is 3. The molecule has 0 aliphatic rings. The van der Waals surface area contributed by atoms with Gasteiger partial charge in [0.05, 0.1) is 5.69 Å². The molecule has 2 aromatic carbocycles. The van der Waals surface area contributed by atoms with E-state index < -0.39 is 0 Å². The normalized spacial score (nSPS) is 10.5. The fraction of sp³-hybridized carbons (Fsp3) is 0.129. The first kappa shape index (κ1) is 26.9. The fourth-order valence-electron chi connectivity index (χ4n) is 3.53. The molecule has 0 unspecified atom stereocenters. The van der Waals surface area contributed by atoms with Crippen molar-refractivity contribution in [3.05, 3.63) is 121 Å². The summed E-state index contributed by atoms with van der Waals surface area (Å²) in [6.45, 7) is 6.49. The van der Waals surface area contributed by atoms with Gasteiger partial charge in [-0.2, -0.15) is 0 Å². The van der Waals surface area contributed by atoms with Crippen LogP contribution in [0, 0.1) is 6.07 Å². The molecule has 0 aliphatic heterocycles. The predicted molar refractivity (Wildman–Crippen MR) is 142 cm³/mol. The summed E-state index contributed by atoms with van der Waals surface area (Å²) in [5.74, 6) is 0.269. The Kier molecular flexibility index (Phi) is 9.24. The number of hydrogen-bond acceptors (Lipinski definition) is 4. The Morgan fingerprint density at radius 2 is 1.31 bits per heavy atom. The first-order valence-corrected chi connectivity index (χ1v) is 11.5. The van der Waals surface area contributed by atoms with E-state index in [1.54, 1.807) is 24.7 Å². The van der Waals surface area contributed by atoms with E-state index >= 15 is 0 Å². The number of para-hydroxylation sites is 1. The molecule has 0 spiro atoms. The van der Waals surface area contributed by atoms with Crippen LogP contribution in [0.5, 0.6) is 5.75 Å². The molecule has 1 radical (unpaired) electrons. The summed E-state index contributed by atoms with van der Waals surface area (Å²) < 4.78 is 0. The van der Waals surface area contributed by atoms with Crippen LogP contribution in [0.15, 0.2) is 110 Å². The third-order valence-electron chi connectivity index (χ3n) is 5.52. The van der Waals surface area contributed by atoms with Gasteiger partial charge >= 0.3 is 0 Å². The Bertz CT molecular complexity index is 1310. The van der Waals surface area contributed by atoms with Crippen molar-refractivity contribution in [1.29, 1.82) is 0 Å². The minimum absolute atomic E-state index is 0. The van der Waals surface area contributed by atoms with Gasteiger partial charge in [0.1, 0.15) is 5.75 Å². The van der Waals surface area contributed by atoms with E-state index in [4.69, 9.17) is 0 Å².